The lowest BCUT2D eigenvalue weighted by atomic mass is 10.1. The van der Waals surface area contributed by atoms with Gasteiger partial charge in [-0.2, -0.15) is 5.26 Å². The molecule has 1 heterocycles. The Balaban J connectivity index is 1.99. The lowest BCUT2D eigenvalue weighted by Crippen LogP contribution is -2.47. The van der Waals surface area contributed by atoms with Crippen LogP contribution in [0.5, 0.6) is 0 Å². The van der Waals surface area contributed by atoms with Gasteiger partial charge < -0.3 is 10.4 Å². The van der Waals surface area contributed by atoms with Crippen molar-refractivity contribution in [1.29, 1.82) is 5.26 Å². The summed E-state index contributed by atoms with van der Waals surface area (Å²) in [6.45, 7) is 3.29. The average molecular weight is 273 g/mol. The third kappa shape index (κ3) is 3.35. The fraction of sp³-hybridized carbons (Fsp3) is 0.467. The van der Waals surface area contributed by atoms with Gasteiger partial charge in [-0.05, 0) is 31.9 Å². The van der Waals surface area contributed by atoms with Gasteiger partial charge in [0.05, 0.1) is 23.4 Å². The lowest BCUT2D eigenvalue weighted by molar-refractivity contribution is -0.121. The van der Waals surface area contributed by atoms with Crippen molar-refractivity contribution in [2.45, 2.75) is 31.9 Å². The highest BCUT2D eigenvalue weighted by atomic mass is 16.3. The van der Waals surface area contributed by atoms with Crippen molar-refractivity contribution in [1.82, 2.24) is 4.90 Å². The van der Waals surface area contributed by atoms with E-state index in [9.17, 15) is 9.90 Å². The summed E-state index contributed by atoms with van der Waals surface area (Å²) in [5, 5.41) is 21.3. The predicted molar refractivity (Wildman–Crippen MR) is 76.1 cm³/mol. The van der Waals surface area contributed by atoms with E-state index >= 15 is 0 Å². The van der Waals surface area contributed by atoms with Crippen molar-refractivity contribution >= 4 is 11.6 Å². The molecule has 2 rings (SSSR count). The molecule has 1 aromatic carbocycles. The first kappa shape index (κ1) is 14.5. The number of nitrogens with zero attached hydrogens (tertiary/aromatic N) is 2. The van der Waals surface area contributed by atoms with Crippen LogP contribution < -0.4 is 5.32 Å². The van der Waals surface area contributed by atoms with E-state index in [1.165, 1.54) is 0 Å². The normalized spacial score (nSPS) is 18.2. The van der Waals surface area contributed by atoms with Gasteiger partial charge in [0.1, 0.15) is 6.07 Å². The van der Waals surface area contributed by atoms with Crippen molar-refractivity contribution in [2.24, 2.45) is 0 Å². The number of nitrogens with one attached hydrogen (secondary N) is 1. The monoisotopic (exact) mass is 273 g/mol. The molecule has 0 aliphatic carbocycles. The summed E-state index contributed by atoms with van der Waals surface area (Å²) in [7, 11) is 0. The fourth-order valence-electron chi connectivity index (χ4n) is 2.37. The first-order chi connectivity index (χ1) is 9.61. The zero-order chi connectivity index (χ0) is 14.5. The molecule has 1 saturated heterocycles. The Hall–Kier alpha value is -1.90. The number of para-hydroxylation sites is 1. The molecule has 1 aromatic rings. The molecule has 1 aliphatic heterocycles. The number of nitriles is 1. The molecule has 5 nitrogen and oxygen atoms in total. The number of benzene rings is 1. The number of carbonyl (C=O) groups is 1. The van der Waals surface area contributed by atoms with E-state index in [0.29, 0.717) is 24.1 Å². The summed E-state index contributed by atoms with van der Waals surface area (Å²) >= 11 is 0. The summed E-state index contributed by atoms with van der Waals surface area (Å²) in [6.07, 6.45) is 1.15. The number of aliphatic hydroxyl groups excluding tert-OH is 1. The van der Waals surface area contributed by atoms with E-state index in [-0.39, 0.29) is 18.1 Å². The van der Waals surface area contributed by atoms with Crippen LogP contribution in [0.1, 0.15) is 25.3 Å². The SMILES string of the molecule is CC(C(=O)Nc1ccccc1C#N)N1CCC(O)CC1. The molecule has 0 radical (unpaired) electrons. The van der Waals surface area contributed by atoms with Gasteiger partial charge in [0.15, 0.2) is 0 Å². The Morgan fingerprint density at radius 3 is 2.75 bits per heavy atom. The van der Waals surface area contributed by atoms with E-state index in [2.05, 4.69) is 16.3 Å². The molecule has 0 bridgehead atoms. The van der Waals surface area contributed by atoms with Crippen LogP contribution in [0.2, 0.25) is 0 Å². The van der Waals surface area contributed by atoms with Crippen LogP contribution in [0.3, 0.4) is 0 Å². The number of amides is 1. The van der Waals surface area contributed by atoms with Gasteiger partial charge in [-0.15, -0.1) is 0 Å². The van der Waals surface area contributed by atoms with E-state index in [0.717, 1.165) is 13.1 Å². The summed E-state index contributed by atoms with van der Waals surface area (Å²) in [4.78, 5) is 14.3. The number of hydrogen-bond acceptors (Lipinski definition) is 4. The highest BCUT2D eigenvalue weighted by molar-refractivity contribution is 5.95. The van der Waals surface area contributed by atoms with E-state index in [1.54, 1.807) is 24.3 Å². The molecule has 0 spiro atoms. The molecule has 20 heavy (non-hydrogen) atoms. The van der Waals surface area contributed by atoms with Crippen LogP contribution in [0.4, 0.5) is 5.69 Å². The highest BCUT2D eigenvalue weighted by Crippen LogP contribution is 2.17. The molecule has 1 unspecified atom stereocenters. The number of piperidine rings is 1. The molecular weight excluding hydrogens is 254 g/mol. The van der Waals surface area contributed by atoms with Crippen LogP contribution in [-0.4, -0.2) is 41.1 Å². The topological polar surface area (TPSA) is 76.4 Å². The fourth-order valence-corrected chi connectivity index (χ4v) is 2.37. The highest BCUT2D eigenvalue weighted by Gasteiger charge is 2.25. The molecular formula is C15H19N3O2. The number of likely N-dealkylation sites (tertiary alicyclic amines) is 1. The average Bonchev–Trinajstić information content (AvgIpc) is 2.48. The number of rotatable bonds is 3. The molecule has 1 fully saturated rings. The quantitative estimate of drug-likeness (QED) is 0.871. The van der Waals surface area contributed by atoms with Gasteiger partial charge in [-0.1, -0.05) is 12.1 Å². The minimum Gasteiger partial charge on any atom is -0.393 e. The molecule has 0 saturated carbocycles. The number of carbonyl (C=O) groups excluding carboxylic acids is 1. The van der Waals surface area contributed by atoms with Gasteiger partial charge in [-0.3, -0.25) is 9.69 Å². The largest absolute Gasteiger partial charge is 0.393 e. The minimum absolute atomic E-state index is 0.121. The first-order valence-electron chi connectivity index (χ1n) is 6.84. The van der Waals surface area contributed by atoms with Crippen LogP contribution in [0.15, 0.2) is 24.3 Å². The van der Waals surface area contributed by atoms with E-state index in [4.69, 9.17) is 5.26 Å². The second kappa shape index (κ2) is 6.51. The van der Waals surface area contributed by atoms with Crippen molar-refractivity contribution in [3.63, 3.8) is 0 Å². The Morgan fingerprint density at radius 1 is 1.45 bits per heavy atom. The van der Waals surface area contributed by atoms with E-state index in [1.807, 2.05) is 6.92 Å². The van der Waals surface area contributed by atoms with Crippen LogP contribution in [0, 0.1) is 11.3 Å². The van der Waals surface area contributed by atoms with Crippen LogP contribution >= 0.6 is 0 Å². The van der Waals surface area contributed by atoms with Crippen molar-refractivity contribution in [2.75, 3.05) is 18.4 Å². The number of anilines is 1. The van der Waals surface area contributed by atoms with Gasteiger partial charge in [-0.25, -0.2) is 0 Å². The molecule has 0 aromatic heterocycles. The standard InChI is InChI=1S/C15H19N3O2/c1-11(18-8-6-13(19)7-9-18)15(20)17-14-5-3-2-4-12(14)10-16/h2-5,11,13,19H,6-9H2,1H3,(H,17,20). The van der Waals surface area contributed by atoms with Gasteiger partial charge >= 0.3 is 0 Å². The van der Waals surface area contributed by atoms with Crippen molar-refractivity contribution < 1.29 is 9.90 Å². The molecule has 1 atom stereocenters. The maximum atomic E-state index is 12.2. The Bertz CT molecular complexity index is 516. The van der Waals surface area contributed by atoms with Crippen molar-refractivity contribution in [3.8, 4) is 6.07 Å². The van der Waals surface area contributed by atoms with Gasteiger partial charge in [0, 0.05) is 13.1 Å². The Morgan fingerprint density at radius 2 is 2.10 bits per heavy atom. The summed E-state index contributed by atoms with van der Waals surface area (Å²) in [5.74, 6) is -0.121. The van der Waals surface area contributed by atoms with E-state index < -0.39 is 0 Å². The zero-order valence-corrected chi connectivity index (χ0v) is 11.5. The molecule has 1 amide bonds. The number of aliphatic hydroxyl groups is 1. The molecule has 2 N–H and O–H groups in total. The van der Waals surface area contributed by atoms with Gasteiger partial charge in [0.2, 0.25) is 5.91 Å². The zero-order valence-electron chi connectivity index (χ0n) is 11.5. The third-order valence-electron chi connectivity index (χ3n) is 3.73. The lowest BCUT2D eigenvalue weighted by Gasteiger charge is -2.33. The first-order valence-corrected chi connectivity index (χ1v) is 6.84. The minimum atomic E-state index is -0.269. The maximum absolute atomic E-state index is 12.2. The van der Waals surface area contributed by atoms with Crippen LogP contribution in [0.25, 0.3) is 0 Å². The summed E-state index contributed by atoms with van der Waals surface area (Å²) in [5.41, 5.74) is 1.01. The van der Waals surface area contributed by atoms with Crippen molar-refractivity contribution in [3.05, 3.63) is 29.8 Å². The summed E-state index contributed by atoms with van der Waals surface area (Å²) in [6, 6.07) is 8.76. The Labute approximate surface area is 118 Å². The third-order valence-corrected chi connectivity index (χ3v) is 3.73. The number of hydrogen-bond donors (Lipinski definition) is 2. The van der Waals surface area contributed by atoms with Crippen LogP contribution in [-0.2, 0) is 4.79 Å². The second-order valence-electron chi connectivity index (χ2n) is 5.09. The second-order valence-corrected chi connectivity index (χ2v) is 5.09. The smallest absolute Gasteiger partial charge is 0.241 e. The molecule has 5 heteroatoms. The maximum Gasteiger partial charge on any atom is 0.241 e. The van der Waals surface area contributed by atoms with Gasteiger partial charge in [0.25, 0.3) is 0 Å². The Kier molecular flexibility index (Phi) is 4.72. The summed E-state index contributed by atoms with van der Waals surface area (Å²) < 4.78 is 0. The molecule has 106 valence electrons. The predicted octanol–water partition coefficient (Wildman–Crippen LogP) is 1.34. The molecule has 1 aliphatic rings.